The van der Waals surface area contributed by atoms with Crippen LogP contribution in [0.5, 0.6) is 0 Å². The molecule has 1 saturated carbocycles. The zero-order valence-corrected chi connectivity index (χ0v) is 9.67. The van der Waals surface area contributed by atoms with Gasteiger partial charge in [0.15, 0.2) is 0 Å². The van der Waals surface area contributed by atoms with Crippen LogP contribution in [0.3, 0.4) is 0 Å². The average molecular weight is 231 g/mol. The number of hydrogen-bond donors (Lipinski definition) is 2. The first-order chi connectivity index (χ1) is 8.29. The molecule has 0 bridgehead atoms. The predicted molar refractivity (Wildman–Crippen MR) is 64.4 cm³/mol. The van der Waals surface area contributed by atoms with E-state index in [0.29, 0.717) is 12.3 Å². The lowest BCUT2D eigenvalue weighted by atomic mass is 9.87. The lowest BCUT2D eigenvalue weighted by molar-refractivity contribution is -0.119. The van der Waals surface area contributed by atoms with Crippen molar-refractivity contribution < 1.29 is 9.90 Å². The number of nitrogens with one attached hydrogen (secondary N) is 1. The highest BCUT2D eigenvalue weighted by Gasteiger charge is 2.48. The number of aliphatic hydroxyl groups is 1. The zero-order valence-electron chi connectivity index (χ0n) is 9.67. The first kappa shape index (κ1) is 10.8. The molecule has 2 fully saturated rings. The molecular weight excluding hydrogens is 214 g/mol. The molecule has 2 aliphatic rings. The highest BCUT2D eigenvalue weighted by molar-refractivity contribution is 5.79. The molecule has 1 aliphatic carbocycles. The highest BCUT2D eigenvalue weighted by atomic mass is 16.3. The Morgan fingerprint density at radius 1 is 1.29 bits per heavy atom. The molecular formula is C14H17NO2. The molecule has 17 heavy (non-hydrogen) atoms. The van der Waals surface area contributed by atoms with Gasteiger partial charge in [0.1, 0.15) is 0 Å². The number of rotatable bonds is 2. The molecule has 1 aromatic carbocycles. The van der Waals surface area contributed by atoms with Crippen molar-refractivity contribution in [1.82, 2.24) is 5.32 Å². The Balaban J connectivity index is 1.92. The average Bonchev–Trinajstić information content (AvgIpc) is 2.85. The molecule has 4 atom stereocenters. The highest BCUT2D eigenvalue weighted by Crippen LogP contribution is 2.46. The van der Waals surface area contributed by atoms with Crippen LogP contribution in [0.25, 0.3) is 0 Å². The van der Waals surface area contributed by atoms with Gasteiger partial charge in [0.25, 0.3) is 0 Å². The van der Waals surface area contributed by atoms with E-state index in [4.69, 9.17) is 0 Å². The molecule has 0 aromatic heterocycles. The van der Waals surface area contributed by atoms with E-state index in [-0.39, 0.29) is 30.4 Å². The number of hydrogen-bond acceptors (Lipinski definition) is 2. The van der Waals surface area contributed by atoms with Crippen LogP contribution in [-0.2, 0) is 4.79 Å². The monoisotopic (exact) mass is 231 g/mol. The van der Waals surface area contributed by atoms with Crippen LogP contribution in [0.2, 0.25) is 0 Å². The topological polar surface area (TPSA) is 49.3 Å². The van der Waals surface area contributed by atoms with Crippen LogP contribution in [0.4, 0.5) is 0 Å². The molecule has 90 valence electrons. The van der Waals surface area contributed by atoms with Crippen LogP contribution >= 0.6 is 0 Å². The van der Waals surface area contributed by atoms with Crippen molar-refractivity contribution in [2.24, 2.45) is 11.8 Å². The van der Waals surface area contributed by atoms with Crippen molar-refractivity contribution in [3.8, 4) is 0 Å². The second-order valence-corrected chi connectivity index (χ2v) is 5.17. The van der Waals surface area contributed by atoms with E-state index in [9.17, 15) is 9.90 Å². The van der Waals surface area contributed by atoms with Gasteiger partial charge in [0, 0.05) is 25.0 Å². The van der Waals surface area contributed by atoms with Crippen LogP contribution in [-0.4, -0.2) is 23.7 Å². The summed E-state index contributed by atoms with van der Waals surface area (Å²) in [4.78, 5) is 11.5. The van der Waals surface area contributed by atoms with Crippen molar-refractivity contribution in [3.63, 3.8) is 0 Å². The van der Waals surface area contributed by atoms with Crippen LogP contribution < -0.4 is 5.32 Å². The summed E-state index contributed by atoms with van der Waals surface area (Å²) in [7, 11) is 0. The molecule has 1 saturated heterocycles. The second-order valence-electron chi connectivity index (χ2n) is 5.17. The third kappa shape index (κ3) is 1.75. The molecule has 3 heteroatoms. The van der Waals surface area contributed by atoms with Gasteiger partial charge in [-0.2, -0.15) is 0 Å². The third-order valence-corrected chi connectivity index (χ3v) is 4.20. The van der Waals surface area contributed by atoms with Gasteiger partial charge in [-0.3, -0.25) is 4.79 Å². The van der Waals surface area contributed by atoms with Crippen molar-refractivity contribution in [1.29, 1.82) is 0 Å². The Morgan fingerprint density at radius 3 is 2.76 bits per heavy atom. The fourth-order valence-corrected chi connectivity index (χ4v) is 3.51. The molecule has 3 nitrogen and oxygen atoms in total. The third-order valence-electron chi connectivity index (χ3n) is 4.20. The molecule has 0 unspecified atom stereocenters. The lowest BCUT2D eigenvalue weighted by Gasteiger charge is -2.23. The minimum absolute atomic E-state index is 0.164. The number of benzene rings is 1. The number of amides is 1. The summed E-state index contributed by atoms with van der Waals surface area (Å²) in [6.07, 6.45) is 1.59. The van der Waals surface area contributed by atoms with Gasteiger partial charge < -0.3 is 10.4 Å². The minimum Gasteiger partial charge on any atom is -0.396 e. The lowest BCUT2D eigenvalue weighted by Crippen LogP contribution is -2.33. The second kappa shape index (κ2) is 4.15. The molecule has 1 heterocycles. The quantitative estimate of drug-likeness (QED) is 0.805. The van der Waals surface area contributed by atoms with E-state index in [1.54, 1.807) is 0 Å². The van der Waals surface area contributed by atoms with Crippen molar-refractivity contribution in [2.75, 3.05) is 6.61 Å². The van der Waals surface area contributed by atoms with E-state index < -0.39 is 0 Å². The Labute approximate surface area is 101 Å². The molecule has 1 aliphatic heterocycles. The maximum Gasteiger partial charge on any atom is 0.220 e. The van der Waals surface area contributed by atoms with Crippen LogP contribution in [0, 0.1) is 11.8 Å². The van der Waals surface area contributed by atoms with Gasteiger partial charge in [-0.15, -0.1) is 0 Å². The summed E-state index contributed by atoms with van der Waals surface area (Å²) in [5.41, 5.74) is 1.24. The maximum absolute atomic E-state index is 11.5. The fourth-order valence-electron chi connectivity index (χ4n) is 3.51. The van der Waals surface area contributed by atoms with E-state index >= 15 is 0 Å². The SMILES string of the molecule is O=C1C[C@H]2C[C@@H](CO)[C@H](c3ccccc3)[C@H]2N1. The number of carbonyl (C=O) groups is 1. The minimum atomic E-state index is 0.164. The Bertz CT molecular complexity index is 417. The van der Waals surface area contributed by atoms with Crippen molar-refractivity contribution in [2.45, 2.75) is 24.8 Å². The standard InChI is InChI=1S/C14H17NO2/c16-8-11-6-10-7-12(17)15-14(10)13(11)9-4-2-1-3-5-9/h1-5,10-11,13-14,16H,6-8H2,(H,15,17)/t10-,11+,13+,14+/m1/s1. The summed E-state index contributed by atoms with van der Waals surface area (Å²) in [6.45, 7) is 0.211. The summed E-state index contributed by atoms with van der Waals surface area (Å²) < 4.78 is 0. The summed E-state index contributed by atoms with van der Waals surface area (Å²) in [5.74, 6) is 1.13. The Hall–Kier alpha value is -1.35. The fraction of sp³-hybridized carbons (Fsp3) is 0.500. The molecule has 0 radical (unpaired) electrons. The Morgan fingerprint density at radius 2 is 2.06 bits per heavy atom. The van der Waals surface area contributed by atoms with Crippen LogP contribution in [0.1, 0.15) is 24.3 Å². The molecule has 1 amide bonds. The maximum atomic E-state index is 11.5. The molecule has 3 rings (SSSR count). The van der Waals surface area contributed by atoms with Crippen molar-refractivity contribution in [3.05, 3.63) is 35.9 Å². The smallest absolute Gasteiger partial charge is 0.220 e. The summed E-state index contributed by atoms with van der Waals surface area (Å²) in [6, 6.07) is 10.5. The number of aliphatic hydroxyl groups excluding tert-OH is 1. The van der Waals surface area contributed by atoms with E-state index in [1.807, 2.05) is 18.2 Å². The van der Waals surface area contributed by atoms with Crippen molar-refractivity contribution >= 4 is 5.91 Å². The number of carbonyl (C=O) groups excluding carboxylic acids is 1. The summed E-state index contributed by atoms with van der Waals surface area (Å²) >= 11 is 0. The molecule has 2 N–H and O–H groups in total. The van der Waals surface area contributed by atoms with Gasteiger partial charge >= 0.3 is 0 Å². The van der Waals surface area contributed by atoms with Gasteiger partial charge in [-0.25, -0.2) is 0 Å². The molecule has 0 spiro atoms. The predicted octanol–water partition coefficient (Wildman–Crippen LogP) is 1.29. The first-order valence-corrected chi connectivity index (χ1v) is 6.24. The largest absolute Gasteiger partial charge is 0.396 e. The van der Waals surface area contributed by atoms with Crippen LogP contribution in [0.15, 0.2) is 30.3 Å². The summed E-state index contributed by atoms with van der Waals surface area (Å²) in [5, 5.41) is 12.6. The van der Waals surface area contributed by atoms with Gasteiger partial charge in [-0.05, 0) is 23.8 Å². The normalized spacial score (nSPS) is 35.7. The molecule has 1 aromatic rings. The number of fused-ring (bicyclic) bond motifs is 1. The van der Waals surface area contributed by atoms with E-state index in [2.05, 4.69) is 17.4 Å². The zero-order chi connectivity index (χ0) is 11.8. The van der Waals surface area contributed by atoms with E-state index in [1.165, 1.54) is 5.56 Å². The van der Waals surface area contributed by atoms with E-state index in [0.717, 1.165) is 6.42 Å². The van der Waals surface area contributed by atoms with Gasteiger partial charge in [0.05, 0.1) is 0 Å². The Kier molecular flexibility index (Phi) is 2.63. The van der Waals surface area contributed by atoms with Gasteiger partial charge in [0.2, 0.25) is 5.91 Å². The first-order valence-electron chi connectivity index (χ1n) is 6.24. The van der Waals surface area contributed by atoms with Gasteiger partial charge in [-0.1, -0.05) is 30.3 Å².